The van der Waals surface area contributed by atoms with Gasteiger partial charge < -0.3 is 14.1 Å². The molecule has 0 radical (unpaired) electrons. The van der Waals surface area contributed by atoms with E-state index in [-0.39, 0.29) is 5.41 Å². The highest BCUT2D eigenvalue weighted by atomic mass is 16.5. The summed E-state index contributed by atoms with van der Waals surface area (Å²) in [4.78, 5) is 2.50. The molecule has 0 saturated heterocycles. The van der Waals surface area contributed by atoms with Crippen LogP contribution in [0.3, 0.4) is 0 Å². The number of fused-ring (bicyclic) bond motifs is 19. The van der Waals surface area contributed by atoms with Gasteiger partial charge in [0.15, 0.2) is 0 Å². The van der Waals surface area contributed by atoms with E-state index in [1.165, 1.54) is 44.5 Å². The maximum absolute atomic E-state index is 7.31. The van der Waals surface area contributed by atoms with E-state index in [4.69, 9.17) is 9.15 Å². The van der Waals surface area contributed by atoms with E-state index in [0.717, 1.165) is 94.3 Å². The molecule has 0 atom stereocenters. The topological polar surface area (TPSA) is 25.6 Å². The Morgan fingerprint density at radius 3 is 1.70 bits per heavy atom. The molecule has 0 unspecified atom stereocenters. The summed E-state index contributed by atoms with van der Waals surface area (Å²) in [7, 11) is 0. The molecular weight excluding hydrogens is 839 g/mol. The van der Waals surface area contributed by atoms with Gasteiger partial charge in [0.2, 0.25) is 0 Å². The molecule has 0 saturated carbocycles. The largest absolute Gasteiger partial charge is 0.455 e. The van der Waals surface area contributed by atoms with Gasteiger partial charge >= 0.3 is 0 Å². The van der Waals surface area contributed by atoms with Crippen LogP contribution in [0.5, 0.6) is 11.5 Å². The van der Waals surface area contributed by atoms with Gasteiger partial charge in [0.05, 0.1) is 11.1 Å². The quantitative estimate of drug-likeness (QED) is 0.176. The molecule has 0 fully saturated rings. The van der Waals surface area contributed by atoms with Crippen molar-refractivity contribution in [3.8, 4) is 44.9 Å². The SMILES string of the molecule is CC1(C)c2ccccc2-c2c(N(c3ccc(-c4cccc5c4oc4ccccc45)cc3)c3ccc4c(c3)C3(c5ccccc5-4)c4ccc5ccccc5c4Oc4c3ccc3ccccc43)cccc21. The van der Waals surface area contributed by atoms with E-state index in [1.54, 1.807) is 0 Å². The van der Waals surface area contributed by atoms with Crippen LogP contribution in [0.4, 0.5) is 17.1 Å². The summed E-state index contributed by atoms with van der Waals surface area (Å²) in [6.45, 7) is 4.73. The lowest BCUT2D eigenvalue weighted by Gasteiger charge is -2.40. The summed E-state index contributed by atoms with van der Waals surface area (Å²) < 4.78 is 13.9. The summed E-state index contributed by atoms with van der Waals surface area (Å²) >= 11 is 0. The minimum atomic E-state index is -0.688. The standard InChI is InChI=1S/C66H43NO2/c1-65(2)53-24-10-8-21-52(53)61-55(65)26-14-27-59(61)67(43-33-29-42(30-34-43)45-22-13-23-51-50-20-9-12-28-60(50)68-62(45)51)44-35-36-49-48-19-7-11-25-54(48)66(58(49)39-44)56-37-31-40-15-3-5-17-46(40)63(56)69-64-47-18-6-4-16-41(47)32-38-57(64)66/h3-39H,1-2H3. The highest BCUT2D eigenvalue weighted by Crippen LogP contribution is 2.65. The molecule has 324 valence electrons. The summed E-state index contributed by atoms with van der Waals surface area (Å²) in [5.74, 6) is 1.83. The van der Waals surface area contributed by atoms with Crippen molar-refractivity contribution in [1.29, 1.82) is 0 Å². The van der Waals surface area contributed by atoms with Gasteiger partial charge in [0.25, 0.3) is 0 Å². The number of anilines is 3. The zero-order chi connectivity index (χ0) is 45.6. The Balaban J connectivity index is 1.00. The Bertz CT molecular complexity index is 4070. The zero-order valence-electron chi connectivity index (χ0n) is 38.1. The minimum absolute atomic E-state index is 0.173. The first-order valence-electron chi connectivity index (χ1n) is 24.0. The predicted octanol–water partition coefficient (Wildman–Crippen LogP) is 17.8. The fourth-order valence-corrected chi connectivity index (χ4v) is 12.6. The Morgan fingerprint density at radius 2 is 0.942 bits per heavy atom. The van der Waals surface area contributed by atoms with Crippen LogP contribution in [0.2, 0.25) is 0 Å². The monoisotopic (exact) mass is 881 g/mol. The molecule has 0 N–H and O–H groups in total. The van der Waals surface area contributed by atoms with Gasteiger partial charge in [-0.15, -0.1) is 0 Å². The van der Waals surface area contributed by atoms with Crippen molar-refractivity contribution in [2.24, 2.45) is 0 Å². The maximum Gasteiger partial charge on any atom is 0.143 e. The molecule has 2 heterocycles. The van der Waals surface area contributed by atoms with E-state index in [9.17, 15) is 0 Å². The Hall–Kier alpha value is -8.66. The van der Waals surface area contributed by atoms with Crippen LogP contribution >= 0.6 is 0 Å². The van der Waals surface area contributed by atoms with Crippen LogP contribution in [0, 0.1) is 0 Å². The van der Waals surface area contributed by atoms with E-state index in [1.807, 2.05) is 6.07 Å². The highest BCUT2D eigenvalue weighted by molar-refractivity contribution is 6.10. The number of furan rings is 1. The van der Waals surface area contributed by atoms with Crippen LogP contribution in [-0.4, -0.2) is 0 Å². The normalized spacial score (nSPS) is 14.3. The van der Waals surface area contributed by atoms with Crippen LogP contribution < -0.4 is 9.64 Å². The summed E-state index contributed by atoms with van der Waals surface area (Å²) in [5.41, 5.74) is 18.9. The average molecular weight is 882 g/mol. The van der Waals surface area contributed by atoms with Crippen molar-refractivity contribution in [3.63, 3.8) is 0 Å². The first-order chi connectivity index (χ1) is 34.0. The fraction of sp³-hybridized carbons (Fsp3) is 0.0606. The number of nitrogens with zero attached hydrogens (tertiary/aromatic N) is 1. The van der Waals surface area contributed by atoms with Crippen molar-refractivity contribution < 1.29 is 9.15 Å². The third kappa shape index (κ3) is 5.11. The van der Waals surface area contributed by atoms with Gasteiger partial charge in [0, 0.05) is 60.6 Å². The lowest BCUT2D eigenvalue weighted by atomic mass is 9.65. The smallest absolute Gasteiger partial charge is 0.143 e. The molecular formula is C66H43NO2. The van der Waals surface area contributed by atoms with Gasteiger partial charge in [0.1, 0.15) is 22.7 Å². The molecule has 11 aromatic carbocycles. The second-order valence-corrected chi connectivity index (χ2v) is 19.5. The average Bonchev–Trinajstić information content (AvgIpc) is 4.01. The van der Waals surface area contributed by atoms with Crippen molar-refractivity contribution in [1.82, 2.24) is 0 Å². The van der Waals surface area contributed by atoms with Gasteiger partial charge in [-0.05, 0) is 91.7 Å². The third-order valence-electron chi connectivity index (χ3n) is 15.7. The second kappa shape index (κ2) is 13.9. The molecule has 0 bridgehead atoms. The van der Waals surface area contributed by atoms with Crippen LogP contribution in [0.25, 0.3) is 76.9 Å². The molecule has 3 aliphatic rings. The summed E-state index contributed by atoms with van der Waals surface area (Å²) in [6.07, 6.45) is 0. The Morgan fingerprint density at radius 1 is 0.377 bits per heavy atom. The van der Waals surface area contributed by atoms with Crippen LogP contribution in [0.1, 0.15) is 47.2 Å². The zero-order valence-corrected chi connectivity index (χ0v) is 38.1. The first kappa shape index (κ1) is 38.4. The summed E-state index contributed by atoms with van der Waals surface area (Å²) in [5, 5.41) is 6.78. The van der Waals surface area contributed by atoms with Gasteiger partial charge in [-0.1, -0.05) is 202 Å². The van der Waals surface area contributed by atoms with Gasteiger partial charge in [-0.25, -0.2) is 0 Å². The van der Waals surface area contributed by atoms with Gasteiger partial charge in [-0.2, -0.15) is 0 Å². The van der Waals surface area contributed by atoms with E-state index in [2.05, 4.69) is 237 Å². The number of hydrogen-bond donors (Lipinski definition) is 0. The van der Waals surface area contributed by atoms with E-state index < -0.39 is 5.41 Å². The lowest BCUT2D eigenvalue weighted by Crippen LogP contribution is -2.32. The second-order valence-electron chi connectivity index (χ2n) is 19.5. The fourth-order valence-electron chi connectivity index (χ4n) is 12.6. The molecule has 3 nitrogen and oxygen atoms in total. The van der Waals surface area contributed by atoms with Crippen LogP contribution in [0.15, 0.2) is 229 Å². The molecule has 3 heteroatoms. The van der Waals surface area contributed by atoms with Crippen molar-refractivity contribution in [2.75, 3.05) is 4.90 Å². The lowest BCUT2D eigenvalue weighted by molar-refractivity contribution is 0.447. The number of ether oxygens (including phenoxy) is 1. The molecule has 1 aromatic heterocycles. The van der Waals surface area contributed by atoms with Gasteiger partial charge in [-0.3, -0.25) is 0 Å². The van der Waals surface area contributed by atoms with E-state index in [0.29, 0.717) is 0 Å². The summed E-state index contributed by atoms with van der Waals surface area (Å²) in [6, 6.07) is 82.5. The number of para-hydroxylation sites is 2. The highest BCUT2D eigenvalue weighted by Gasteiger charge is 2.52. The Labute approximate surface area is 400 Å². The third-order valence-corrected chi connectivity index (χ3v) is 15.7. The van der Waals surface area contributed by atoms with Crippen molar-refractivity contribution in [2.45, 2.75) is 24.7 Å². The van der Waals surface area contributed by atoms with Crippen LogP contribution in [-0.2, 0) is 10.8 Å². The molecule has 1 spiro atoms. The number of hydrogen-bond acceptors (Lipinski definition) is 3. The minimum Gasteiger partial charge on any atom is -0.455 e. The number of rotatable bonds is 4. The van der Waals surface area contributed by atoms with E-state index >= 15 is 0 Å². The molecule has 2 aliphatic carbocycles. The molecule has 15 rings (SSSR count). The molecule has 0 amide bonds. The maximum atomic E-state index is 7.31. The molecule has 1 aliphatic heterocycles. The predicted molar refractivity (Wildman–Crippen MR) is 284 cm³/mol. The Kier molecular flexibility index (Phi) is 7.77. The molecule has 12 aromatic rings. The van der Waals surface area contributed by atoms with Crippen molar-refractivity contribution in [3.05, 3.63) is 258 Å². The van der Waals surface area contributed by atoms with Crippen molar-refractivity contribution >= 4 is 60.5 Å². The number of benzene rings is 11. The first-order valence-corrected chi connectivity index (χ1v) is 24.0. The molecule has 69 heavy (non-hydrogen) atoms.